The minimum absolute atomic E-state index is 0.196. The number of hydrogen-bond acceptors (Lipinski definition) is 4. The lowest BCUT2D eigenvalue weighted by atomic mass is 10.1. The number of benzene rings is 1. The van der Waals surface area contributed by atoms with Crippen LogP contribution in [0.25, 0.3) is 0 Å². The van der Waals surface area contributed by atoms with Gasteiger partial charge in [0, 0.05) is 17.7 Å². The second-order valence-corrected chi connectivity index (χ2v) is 3.84. The molecule has 0 fully saturated rings. The number of ether oxygens (including phenoxy) is 1. The smallest absolute Gasteiger partial charge is 0.131 e. The minimum Gasteiger partial charge on any atom is -0.497 e. The van der Waals surface area contributed by atoms with Crippen molar-refractivity contribution in [2.45, 2.75) is 19.0 Å². The van der Waals surface area contributed by atoms with Gasteiger partial charge in [0.2, 0.25) is 0 Å². The first-order chi connectivity index (χ1) is 8.12. The van der Waals surface area contributed by atoms with Crippen LogP contribution in [0.2, 0.25) is 0 Å². The van der Waals surface area contributed by atoms with Crippen LogP contribution in [0.1, 0.15) is 18.5 Å². The molecule has 3 N–H and O–H groups in total. The van der Waals surface area contributed by atoms with E-state index in [1.54, 1.807) is 19.1 Å². The fourth-order valence-electron chi connectivity index (χ4n) is 1.59. The van der Waals surface area contributed by atoms with Crippen molar-refractivity contribution in [1.29, 1.82) is 0 Å². The van der Waals surface area contributed by atoms with Crippen molar-refractivity contribution in [3.8, 4) is 5.75 Å². The average Bonchev–Trinajstić information content (AvgIpc) is 2.35. The summed E-state index contributed by atoms with van der Waals surface area (Å²) in [6.45, 7) is 1.38. The summed E-state index contributed by atoms with van der Waals surface area (Å²) in [7, 11) is 1.48. The molecule has 1 atom stereocenters. The first-order valence-corrected chi connectivity index (χ1v) is 5.43. The number of methoxy groups -OCH3 is 1. The fraction of sp³-hybridized carbons (Fsp3) is 0.500. The maximum Gasteiger partial charge on any atom is 0.131 e. The van der Waals surface area contributed by atoms with Crippen molar-refractivity contribution in [3.63, 3.8) is 0 Å². The summed E-state index contributed by atoms with van der Waals surface area (Å²) in [5.74, 6) is 0.0818. The molecule has 1 unspecified atom stereocenters. The van der Waals surface area contributed by atoms with Crippen LogP contribution in [0.15, 0.2) is 18.2 Å². The third kappa shape index (κ3) is 3.66. The van der Waals surface area contributed by atoms with Gasteiger partial charge in [0.15, 0.2) is 0 Å². The molecule has 1 rings (SSSR count). The average molecular weight is 243 g/mol. The Kier molecular flexibility index (Phi) is 5.34. The zero-order chi connectivity index (χ0) is 12.8. The summed E-state index contributed by atoms with van der Waals surface area (Å²) in [6.07, 6.45) is 0. The van der Waals surface area contributed by atoms with Crippen LogP contribution in [0.5, 0.6) is 5.75 Å². The SMILES string of the molecule is COc1ccc(C(C)NC(CO)CO)c(F)c1. The zero-order valence-corrected chi connectivity index (χ0v) is 9.98. The molecule has 0 heterocycles. The van der Waals surface area contributed by atoms with E-state index in [-0.39, 0.29) is 25.1 Å². The van der Waals surface area contributed by atoms with E-state index < -0.39 is 6.04 Å². The van der Waals surface area contributed by atoms with Gasteiger partial charge in [-0.05, 0) is 13.0 Å². The van der Waals surface area contributed by atoms with E-state index in [4.69, 9.17) is 14.9 Å². The third-order valence-corrected chi connectivity index (χ3v) is 2.60. The summed E-state index contributed by atoms with van der Waals surface area (Å²) >= 11 is 0. The Hall–Kier alpha value is -1.17. The van der Waals surface area contributed by atoms with Gasteiger partial charge in [-0.25, -0.2) is 4.39 Å². The van der Waals surface area contributed by atoms with Crippen molar-refractivity contribution in [2.24, 2.45) is 0 Å². The Morgan fingerprint density at radius 2 is 2.00 bits per heavy atom. The first-order valence-electron chi connectivity index (χ1n) is 5.43. The molecular weight excluding hydrogens is 225 g/mol. The van der Waals surface area contributed by atoms with E-state index >= 15 is 0 Å². The number of nitrogens with one attached hydrogen (secondary N) is 1. The Morgan fingerprint density at radius 1 is 1.35 bits per heavy atom. The first kappa shape index (κ1) is 13.9. The second kappa shape index (κ2) is 6.54. The van der Waals surface area contributed by atoms with E-state index in [0.717, 1.165) is 0 Å². The van der Waals surface area contributed by atoms with Crippen LogP contribution < -0.4 is 10.1 Å². The van der Waals surface area contributed by atoms with Crippen molar-refractivity contribution in [2.75, 3.05) is 20.3 Å². The summed E-state index contributed by atoms with van der Waals surface area (Å²) in [5, 5.41) is 20.8. The molecule has 0 bridgehead atoms. The van der Waals surface area contributed by atoms with E-state index in [2.05, 4.69) is 5.32 Å². The quantitative estimate of drug-likeness (QED) is 0.693. The lowest BCUT2D eigenvalue weighted by molar-refractivity contribution is 0.163. The van der Waals surface area contributed by atoms with E-state index in [1.165, 1.54) is 13.2 Å². The van der Waals surface area contributed by atoms with Gasteiger partial charge in [-0.2, -0.15) is 0 Å². The molecule has 0 aromatic heterocycles. The highest BCUT2D eigenvalue weighted by Crippen LogP contribution is 2.21. The zero-order valence-electron chi connectivity index (χ0n) is 9.98. The minimum atomic E-state index is -0.452. The molecule has 0 spiro atoms. The molecule has 4 nitrogen and oxygen atoms in total. The van der Waals surface area contributed by atoms with Crippen LogP contribution in [0, 0.1) is 5.82 Å². The summed E-state index contributed by atoms with van der Waals surface area (Å²) in [4.78, 5) is 0. The standard InChI is InChI=1S/C12H18FNO3/c1-8(14-9(6-15)7-16)11-4-3-10(17-2)5-12(11)13/h3-5,8-9,14-16H,6-7H2,1-2H3. The van der Waals surface area contributed by atoms with Gasteiger partial charge in [0.1, 0.15) is 11.6 Å². The topological polar surface area (TPSA) is 61.7 Å². The van der Waals surface area contributed by atoms with Crippen molar-refractivity contribution < 1.29 is 19.3 Å². The van der Waals surface area contributed by atoms with Crippen molar-refractivity contribution in [1.82, 2.24) is 5.32 Å². The number of hydrogen-bond donors (Lipinski definition) is 3. The maximum absolute atomic E-state index is 13.7. The molecule has 0 saturated heterocycles. The summed E-state index contributed by atoms with van der Waals surface area (Å²) in [5.41, 5.74) is 0.470. The number of rotatable bonds is 6. The highest BCUT2D eigenvalue weighted by Gasteiger charge is 2.15. The van der Waals surface area contributed by atoms with Crippen LogP contribution in [-0.4, -0.2) is 36.6 Å². The number of aliphatic hydroxyl groups excluding tert-OH is 2. The van der Waals surface area contributed by atoms with Gasteiger partial charge < -0.3 is 20.3 Å². The van der Waals surface area contributed by atoms with Gasteiger partial charge in [-0.3, -0.25) is 0 Å². The molecule has 1 aromatic carbocycles. The molecule has 0 radical (unpaired) electrons. The fourth-order valence-corrected chi connectivity index (χ4v) is 1.59. The van der Waals surface area contributed by atoms with E-state index in [0.29, 0.717) is 11.3 Å². The molecule has 0 aliphatic carbocycles. The third-order valence-electron chi connectivity index (χ3n) is 2.60. The Bertz CT molecular complexity index is 356. The van der Waals surface area contributed by atoms with Gasteiger partial charge in [-0.15, -0.1) is 0 Å². The number of aliphatic hydroxyl groups is 2. The molecule has 0 aliphatic rings. The Morgan fingerprint density at radius 3 is 2.47 bits per heavy atom. The summed E-state index contributed by atoms with van der Waals surface area (Å²) < 4.78 is 18.6. The Balaban J connectivity index is 2.78. The van der Waals surface area contributed by atoms with E-state index in [9.17, 15) is 4.39 Å². The molecule has 0 saturated carbocycles. The predicted molar refractivity (Wildman–Crippen MR) is 62.5 cm³/mol. The van der Waals surface area contributed by atoms with Crippen LogP contribution in [0.4, 0.5) is 4.39 Å². The molecule has 0 amide bonds. The molecule has 96 valence electrons. The monoisotopic (exact) mass is 243 g/mol. The largest absolute Gasteiger partial charge is 0.497 e. The van der Waals surface area contributed by atoms with Crippen LogP contribution in [0.3, 0.4) is 0 Å². The summed E-state index contributed by atoms with van der Waals surface area (Å²) in [6, 6.07) is 3.85. The van der Waals surface area contributed by atoms with Crippen LogP contribution in [-0.2, 0) is 0 Å². The molecule has 5 heteroatoms. The lowest BCUT2D eigenvalue weighted by Crippen LogP contribution is -2.37. The van der Waals surface area contributed by atoms with Crippen LogP contribution >= 0.6 is 0 Å². The predicted octanol–water partition coefficient (Wildman–Crippen LogP) is 0.838. The number of halogens is 1. The van der Waals surface area contributed by atoms with Gasteiger partial charge >= 0.3 is 0 Å². The lowest BCUT2D eigenvalue weighted by Gasteiger charge is -2.20. The van der Waals surface area contributed by atoms with E-state index in [1.807, 2.05) is 0 Å². The van der Waals surface area contributed by atoms with Crippen molar-refractivity contribution in [3.05, 3.63) is 29.6 Å². The van der Waals surface area contributed by atoms with Gasteiger partial charge in [-0.1, -0.05) is 6.07 Å². The second-order valence-electron chi connectivity index (χ2n) is 3.84. The Labute approximate surface area is 100 Å². The van der Waals surface area contributed by atoms with Gasteiger partial charge in [0.05, 0.1) is 26.4 Å². The maximum atomic E-state index is 13.7. The molecule has 1 aromatic rings. The normalized spacial score (nSPS) is 12.8. The van der Waals surface area contributed by atoms with Crippen molar-refractivity contribution >= 4 is 0 Å². The molecule has 0 aliphatic heterocycles. The molecular formula is C12H18FNO3. The van der Waals surface area contributed by atoms with Gasteiger partial charge in [0.25, 0.3) is 0 Å². The highest BCUT2D eigenvalue weighted by atomic mass is 19.1. The molecule has 17 heavy (non-hydrogen) atoms. The highest BCUT2D eigenvalue weighted by molar-refractivity contribution is 5.30.